The molecule has 0 aromatic rings. The third-order valence-corrected chi connectivity index (χ3v) is 8.19. The highest BCUT2D eigenvalue weighted by molar-refractivity contribution is 5.30. The lowest BCUT2D eigenvalue weighted by atomic mass is 9.57. The van der Waals surface area contributed by atoms with Gasteiger partial charge in [0.25, 0.3) is 0 Å². The van der Waals surface area contributed by atoms with Gasteiger partial charge >= 0.3 is 0 Å². The fraction of sp³-hybridized carbons (Fsp3) is 0.704. The van der Waals surface area contributed by atoms with Gasteiger partial charge in [0.05, 0.1) is 18.3 Å². The van der Waals surface area contributed by atoms with Crippen LogP contribution in [-0.4, -0.2) is 33.6 Å². The predicted molar refractivity (Wildman–Crippen MR) is 124 cm³/mol. The summed E-state index contributed by atoms with van der Waals surface area (Å²) in [6.07, 6.45) is 15.5. The summed E-state index contributed by atoms with van der Waals surface area (Å²) >= 11 is 0. The fourth-order valence-corrected chi connectivity index (χ4v) is 6.57. The molecule has 3 nitrogen and oxygen atoms in total. The maximum Gasteiger partial charge on any atom is 0.0809 e. The number of aliphatic hydroxyl groups is 3. The van der Waals surface area contributed by atoms with Crippen LogP contribution in [0.15, 0.2) is 47.6 Å². The molecule has 30 heavy (non-hydrogen) atoms. The molecule has 0 aromatic heterocycles. The Morgan fingerprint density at radius 3 is 2.47 bits per heavy atom. The number of allylic oxidation sites excluding steroid dienone is 4. The van der Waals surface area contributed by atoms with Crippen molar-refractivity contribution >= 4 is 0 Å². The zero-order chi connectivity index (χ0) is 22.1. The molecule has 0 saturated heterocycles. The van der Waals surface area contributed by atoms with Crippen molar-refractivity contribution in [3.8, 4) is 0 Å². The molecule has 0 spiro atoms. The van der Waals surface area contributed by atoms with E-state index >= 15 is 0 Å². The number of fused-ring (bicyclic) bond motifs is 1. The van der Waals surface area contributed by atoms with E-state index in [9.17, 15) is 15.3 Å². The van der Waals surface area contributed by atoms with E-state index in [1.54, 1.807) is 5.57 Å². The maximum absolute atomic E-state index is 10.1. The Hall–Kier alpha value is -1.16. The SMILES string of the molecule is C=C1[C@H](O)CC(=C/C=C2\CCC[C@]3(C)[C@@H](C(C)(C)/C=C/C[C@H](C)O)CC[C@@H]23)C[C@H]1O. The summed E-state index contributed by atoms with van der Waals surface area (Å²) in [5.41, 5.74) is 3.65. The van der Waals surface area contributed by atoms with Crippen LogP contribution in [0.3, 0.4) is 0 Å². The summed E-state index contributed by atoms with van der Waals surface area (Å²) in [4.78, 5) is 0. The Labute approximate surface area is 183 Å². The lowest BCUT2D eigenvalue weighted by molar-refractivity contribution is 0.0715. The molecule has 0 bridgehead atoms. The van der Waals surface area contributed by atoms with Crippen LogP contribution < -0.4 is 0 Å². The van der Waals surface area contributed by atoms with E-state index in [0.717, 1.165) is 18.4 Å². The highest BCUT2D eigenvalue weighted by Gasteiger charge is 2.53. The summed E-state index contributed by atoms with van der Waals surface area (Å²) in [6, 6.07) is 0. The van der Waals surface area contributed by atoms with Crippen LogP contribution in [0.25, 0.3) is 0 Å². The third kappa shape index (κ3) is 4.84. The van der Waals surface area contributed by atoms with Crippen molar-refractivity contribution in [1.82, 2.24) is 0 Å². The minimum atomic E-state index is -0.625. The first-order chi connectivity index (χ1) is 14.0. The normalized spacial score (nSPS) is 37.6. The fourth-order valence-electron chi connectivity index (χ4n) is 6.57. The van der Waals surface area contributed by atoms with Crippen molar-refractivity contribution in [3.63, 3.8) is 0 Å². The van der Waals surface area contributed by atoms with E-state index in [2.05, 4.69) is 51.7 Å². The molecule has 3 heteroatoms. The molecule has 3 saturated carbocycles. The molecular weight excluding hydrogens is 372 g/mol. The molecule has 6 atom stereocenters. The van der Waals surface area contributed by atoms with Crippen LogP contribution >= 0.6 is 0 Å². The van der Waals surface area contributed by atoms with Crippen molar-refractivity contribution in [1.29, 1.82) is 0 Å². The van der Waals surface area contributed by atoms with Gasteiger partial charge in [-0.15, -0.1) is 0 Å². The predicted octanol–water partition coefficient (Wildman–Crippen LogP) is 5.48. The third-order valence-electron chi connectivity index (χ3n) is 8.19. The van der Waals surface area contributed by atoms with Gasteiger partial charge in [0.1, 0.15) is 0 Å². The van der Waals surface area contributed by atoms with E-state index < -0.39 is 12.2 Å². The Kier molecular flexibility index (Phi) is 7.16. The molecule has 3 fully saturated rings. The number of aliphatic hydroxyl groups excluding tert-OH is 3. The van der Waals surface area contributed by atoms with Gasteiger partial charge in [-0.3, -0.25) is 0 Å². The van der Waals surface area contributed by atoms with Crippen molar-refractivity contribution in [2.45, 2.75) is 97.4 Å². The van der Waals surface area contributed by atoms with Crippen LogP contribution in [-0.2, 0) is 0 Å². The van der Waals surface area contributed by atoms with Crippen molar-refractivity contribution in [3.05, 3.63) is 47.6 Å². The van der Waals surface area contributed by atoms with Crippen LogP contribution in [0.5, 0.6) is 0 Å². The van der Waals surface area contributed by atoms with Gasteiger partial charge in [-0.05, 0) is 86.5 Å². The minimum Gasteiger partial charge on any atom is -0.393 e. The standard InChI is InChI=1S/C27H42O3/c1-18(28)8-6-14-26(3,4)25-13-12-22-21(9-7-15-27(22,25)5)11-10-20-16-23(29)19(2)24(30)17-20/h6,10-11,14,18,22-25,28-30H,2,7-9,12-13,15-17H2,1,3-5H3/b14-6+,21-11+/t18-,22-,23+,24+,25+,27-/m0/s1. The molecule has 3 aliphatic rings. The second-order valence-corrected chi connectivity index (χ2v) is 10.9. The summed E-state index contributed by atoms with van der Waals surface area (Å²) in [7, 11) is 0. The van der Waals surface area contributed by atoms with E-state index in [1.807, 2.05) is 6.92 Å². The first-order valence-electron chi connectivity index (χ1n) is 11.8. The number of hydrogen-bond acceptors (Lipinski definition) is 3. The largest absolute Gasteiger partial charge is 0.393 e. The summed E-state index contributed by atoms with van der Waals surface area (Å²) < 4.78 is 0. The van der Waals surface area contributed by atoms with Gasteiger partial charge in [0.15, 0.2) is 0 Å². The van der Waals surface area contributed by atoms with Gasteiger partial charge in [-0.2, -0.15) is 0 Å². The zero-order valence-corrected chi connectivity index (χ0v) is 19.4. The molecule has 168 valence electrons. The zero-order valence-electron chi connectivity index (χ0n) is 19.4. The average Bonchev–Trinajstić information content (AvgIpc) is 3.02. The number of rotatable bonds is 5. The molecule has 3 rings (SSSR count). The minimum absolute atomic E-state index is 0.122. The highest BCUT2D eigenvalue weighted by atomic mass is 16.3. The summed E-state index contributed by atoms with van der Waals surface area (Å²) in [5.74, 6) is 1.25. The molecule has 0 radical (unpaired) electrons. The van der Waals surface area contributed by atoms with Crippen LogP contribution in [0.1, 0.15) is 79.1 Å². The molecule has 3 N–H and O–H groups in total. The van der Waals surface area contributed by atoms with Gasteiger partial charge in [-0.1, -0.05) is 62.8 Å². The molecule has 0 aliphatic heterocycles. The van der Waals surface area contributed by atoms with Crippen molar-refractivity contribution in [2.75, 3.05) is 0 Å². The van der Waals surface area contributed by atoms with Crippen LogP contribution in [0, 0.1) is 22.7 Å². The van der Waals surface area contributed by atoms with Gasteiger partial charge in [0.2, 0.25) is 0 Å². The van der Waals surface area contributed by atoms with Crippen molar-refractivity contribution < 1.29 is 15.3 Å². The second-order valence-electron chi connectivity index (χ2n) is 10.9. The van der Waals surface area contributed by atoms with Gasteiger partial charge in [-0.25, -0.2) is 0 Å². The molecule has 0 heterocycles. The van der Waals surface area contributed by atoms with E-state index in [0.29, 0.717) is 35.7 Å². The Morgan fingerprint density at radius 2 is 1.83 bits per heavy atom. The van der Waals surface area contributed by atoms with Crippen LogP contribution in [0.2, 0.25) is 0 Å². The van der Waals surface area contributed by atoms with Gasteiger partial charge in [0, 0.05) is 0 Å². The monoisotopic (exact) mass is 414 g/mol. The Bertz CT molecular complexity index is 710. The first kappa shape index (κ1) is 23.5. The van der Waals surface area contributed by atoms with Crippen LogP contribution in [0.4, 0.5) is 0 Å². The highest BCUT2D eigenvalue weighted by Crippen LogP contribution is 2.62. The summed E-state index contributed by atoms with van der Waals surface area (Å²) in [5, 5.41) is 29.9. The average molecular weight is 415 g/mol. The molecular formula is C27H42O3. The van der Waals surface area contributed by atoms with E-state index in [1.165, 1.54) is 25.7 Å². The second kappa shape index (κ2) is 9.14. The van der Waals surface area contributed by atoms with E-state index in [4.69, 9.17) is 0 Å². The molecule has 0 unspecified atom stereocenters. The first-order valence-corrected chi connectivity index (χ1v) is 11.8. The Balaban J connectivity index is 1.77. The maximum atomic E-state index is 10.1. The lowest BCUT2D eigenvalue weighted by Gasteiger charge is -2.47. The molecule has 0 amide bonds. The van der Waals surface area contributed by atoms with E-state index in [-0.39, 0.29) is 11.5 Å². The van der Waals surface area contributed by atoms with Gasteiger partial charge < -0.3 is 15.3 Å². The van der Waals surface area contributed by atoms with Crippen molar-refractivity contribution in [2.24, 2.45) is 22.7 Å². The summed E-state index contributed by atoms with van der Waals surface area (Å²) in [6.45, 7) is 12.9. The lowest BCUT2D eigenvalue weighted by Crippen LogP contribution is -2.39. The topological polar surface area (TPSA) is 60.7 Å². The molecule has 0 aromatic carbocycles. The number of hydrogen-bond donors (Lipinski definition) is 3. The Morgan fingerprint density at radius 1 is 1.17 bits per heavy atom. The molecule has 3 aliphatic carbocycles. The quantitative estimate of drug-likeness (QED) is 0.522. The smallest absolute Gasteiger partial charge is 0.0809 e.